The van der Waals surface area contributed by atoms with Crippen LogP contribution in [0.15, 0.2) is 60.8 Å². The van der Waals surface area contributed by atoms with E-state index in [1.807, 2.05) is 68.4 Å². The van der Waals surface area contributed by atoms with Crippen LogP contribution < -0.4 is 10.6 Å². The minimum atomic E-state index is 0.505. The SMILES string of the molecule is Cc1cc(Nc2cccc3cccnc23)nc(Nc2ccc(C)c(Cl)c2)n1. The first kappa shape index (κ1) is 17.2. The Kier molecular flexibility index (Phi) is 4.60. The molecule has 2 aromatic heterocycles. The molecule has 2 heterocycles. The normalized spacial score (nSPS) is 10.8. The molecule has 2 aromatic carbocycles. The van der Waals surface area contributed by atoms with Gasteiger partial charge in [-0.1, -0.05) is 35.9 Å². The van der Waals surface area contributed by atoms with E-state index in [-0.39, 0.29) is 0 Å². The summed E-state index contributed by atoms with van der Waals surface area (Å²) >= 11 is 6.21. The summed E-state index contributed by atoms with van der Waals surface area (Å²) < 4.78 is 0. The molecular weight excluding hydrogens is 358 g/mol. The van der Waals surface area contributed by atoms with Crippen molar-refractivity contribution in [2.75, 3.05) is 10.6 Å². The first-order valence-corrected chi connectivity index (χ1v) is 8.96. The van der Waals surface area contributed by atoms with E-state index in [0.717, 1.165) is 33.5 Å². The highest BCUT2D eigenvalue weighted by molar-refractivity contribution is 6.31. The van der Waals surface area contributed by atoms with E-state index in [2.05, 4.69) is 25.6 Å². The fraction of sp³-hybridized carbons (Fsp3) is 0.0952. The molecule has 0 fully saturated rings. The summed E-state index contributed by atoms with van der Waals surface area (Å²) in [5.74, 6) is 1.20. The maximum Gasteiger partial charge on any atom is 0.229 e. The number of fused-ring (bicyclic) bond motifs is 1. The number of hydrogen-bond donors (Lipinski definition) is 2. The zero-order valence-electron chi connectivity index (χ0n) is 15.0. The molecule has 134 valence electrons. The van der Waals surface area contributed by atoms with Crippen LogP contribution in [0, 0.1) is 13.8 Å². The van der Waals surface area contributed by atoms with Crippen molar-refractivity contribution in [3.63, 3.8) is 0 Å². The third-order valence-electron chi connectivity index (χ3n) is 4.18. The van der Waals surface area contributed by atoms with Crippen LogP contribution in [0.4, 0.5) is 23.1 Å². The maximum atomic E-state index is 6.21. The largest absolute Gasteiger partial charge is 0.338 e. The summed E-state index contributed by atoms with van der Waals surface area (Å²) in [5, 5.41) is 8.34. The van der Waals surface area contributed by atoms with Gasteiger partial charge in [0.05, 0.1) is 11.2 Å². The third kappa shape index (κ3) is 3.83. The molecular formula is C21H18ClN5. The van der Waals surface area contributed by atoms with E-state index < -0.39 is 0 Å². The Morgan fingerprint density at radius 3 is 2.59 bits per heavy atom. The molecule has 6 heteroatoms. The molecule has 2 N–H and O–H groups in total. The van der Waals surface area contributed by atoms with Crippen molar-refractivity contribution < 1.29 is 0 Å². The molecule has 4 rings (SSSR count). The lowest BCUT2D eigenvalue weighted by molar-refractivity contribution is 1.11. The highest BCUT2D eigenvalue weighted by Crippen LogP contribution is 2.26. The molecule has 0 amide bonds. The van der Waals surface area contributed by atoms with Gasteiger partial charge in [-0.05, 0) is 43.7 Å². The Morgan fingerprint density at radius 2 is 1.74 bits per heavy atom. The number of aryl methyl sites for hydroxylation is 2. The second-order valence-corrected chi connectivity index (χ2v) is 6.72. The number of rotatable bonds is 4. The number of para-hydroxylation sites is 1. The van der Waals surface area contributed by atoms with E-state index in [1.54, 1.807) is 6.20 Å². The lowest BCUT2D eigenvalue weighted by Crippen LogP contribution is -2.03. The predicted molar refractivity (Wildman–Crippen MR) is 111 cm³/mol. The Labute approximate surface area is 162 Å². The van der Waals surface area contributed by atoms with Gasteiger partial charge in [-0.15, -0.1) is 0 Å². The second-order valence-electron chi connectivity index (χ2n) is 6.31. The number of halogens is 1. The van der Waals surface area contributed by atoms with Gasteiger partial charge < -0.3 is 10.6 Å². The van der Waals surface area contributed by atoms with E-state index in [0.29, 0.717) is 16.8 Å². The van der Waals surface area contributed by atoms with Crippen molar-refractivity contribution in [1.82, 2.24) is 15.0 Å². The molecule has 0 saturated carbocycles. The molecule has 0 spiro atoms. The number of nitrogens with zero attached hydrogens (tertiary/aromatic N) is 3. The molecule has 0 atom stereocenters. The summed E-state index contributed by atoms with van der Waals surface area (Å²) in [4.78, 5) is 13.5. The zero-order chi connectivity index (χ0) is 18.8. The van der Waals surface area contributed by atoms with Crippen molar-refractivity contribution >= 4 is 45.6 Å². The van der Waals surface area contributed by atoms with Gasteiger partial charge >= 0.3 is 0 Å². The van der Waals surface area contributed by atoms with Gasteiger partial charge in [-0.2, -0.15) is 4.98 Å². The van der Waals surface area contributed by atoms with Gasteiger partial charge in [0.2, 0.25) is 5.95 Å². The Morgan fingerprint density at radius 1 is 0.889 bits per heavy atom. The van der Waals surface area contributed by atoms with Gasteiger partial charge in [0.1, 0.15) is 5.82 Å². The molecule has 27 heavy (non-hydrogen) atoms. The Balaban J connectivity index is 1.65. The Bertz CT molecular complexity index is 1120. The number of pyridine rings is 1. The molecule has 0 unspecified atom stereocenters. The fourth-order valence-corrected chi connectivity index (χ4v) is 3.01. The number of nitrogens with one attached hydrogen (secondary N) is 2. The summed E-state index contributed by atoms with van der Waals surface area (Å²) in [6.45, 7) is 3.90. The second kappa shape index (κ2) is 7.21. The van der Waals surface area contributed by atoms with Crippen molar-refractivity contribution in [2.45, 2.75) is 13.8 Å². The van der Waals surface area contributed by atoms with Crippen molar-refractivity contribution in [3.8, 4) is 0 Å². The predicted octanol–water partition coefficient (Wildman–Crippen LogP) is 5.78. The van der Waals surface area contributed by atoms with E-state index in [9.17, 15) is 0 Å². The van der Waals surface area contributed by atoms with Crippen LogP contribution >= 0.6 is 11.6 Å². The van der Waals surface area contributed by atoms with Crippen LogP contribution in [0.3, 0.4) is 0 Å². The van der Waals surface area contributed by atoms with Crippen LogP contribution in [-0.2, 0) is 0 Å². The van der Waals surface area contributed by atoms with E-state index >= 15 is 0 Å². The highest BCUT2D eigenvalue weighted by atomic mass is 35.5. The fourth-order valence-electron chi connectivity index (χ4n) is 2.83. The third-order valence-corrected chi connectivity index (χ3v) is 4.58. The first-order chi connectivity index (χ1) is 13.1. The summed E-state index contributed by atoms with van der Waals surface area (Å²) in [6.07, 6.45) is 1.78. The topological polar surface area (TPSA) is 62.7 Å². The first-order valence-electron chi connectivity index (χ1n) is 8.58. The van der Waals surface area contributed by atoms with Crippen molar-refractivity contribution in [3.05, 3.63) is 77.1 Å². The number of hydrogen-bond acceptors (Lipinski definition) is 5. The minimum absolute atomic E-state index is 0.505. The van der Waals surface area contributed by atoms with Crippen LogP contribution in [0.1, 0.15) is 11.3 Å². The number of benzene rings is 2. The highest BCUT2D eigenvalue weighted by Gasteiger charge is 2.07. The minimum Gasteiger partial charge on any atom is -0.338 e. The van der Waals surface area contributed by atoms with Crippen LogP contribution in [0.25, 0.3) is 10.9 Å². The summed E-state index contributed by atoms with van der Waals surface area (Å²) in [7, 11) is 0. The molecule has 0 aliphatic heterocycles. The quantitative estimate of drug-likeness (QED) is 0.473. The van der Waals surface area contributed by atoms with Crippen LogP contribution in [0.2, 0.25) is 5.02 Å². The summed E-state index contributed by atoms with van der Waals surface area (Å²) in [6, 6.07) is 17.7. The molecule has 0 bridgehead atoms. The maximum absolute atomic E-state index is 6.21. The zero-order valence-corrected chi connectivity index (χ0v) is 15.7. The Hall–Kier alpha value is -3.18. The summed E-state index contributed by atoms with van der Waals surface area (Å²) in [5.41, 5.74) is 4.51. The lowest BCUT2D eigenvalue weighted by Gasteiger charge is -2.12. The van der Waals surface area contributed by atoms with E-state index in [4.69, 9.17) is 11.6 Å². The van der Waals surface area contributed by atoms with Gasteiger partial charge in [0.15, 0.2) is 0 Å². The molecule has 0 aliphatic carbocycles. The van der Waals surface area contributed by atoms with Gasteiger partial charge in [0, 0.05) is 34.1 Å². The van der Waals surface area contributed by atoms with Gasteiger partial charge in [0.25, 0.3) is 0 Å². The van der Waals surface area contributed by atoms with Gasteiger partial charge in [-0.25, -0.2) is 4.98 Å². The molecule has 4 aromatic rings. The average molecular weight is 376 g/mol. The van der Waals surface area contributed by atoms with Gasteiger partial charge in [-0.3, -0.25) is 4.98 Å². The number of aromatic nitrogens is 3. The lowest BCUT2D eigenvalue weighted by atomic mass is 10.2. The molecule has 0 saturated heterocycles. The standard InChI is InChI=1S/C21H18ClN5/c1-13-8-9-16(12-17(13)22)25-21-24-14(2)11-19(27-21)26-18-7-3-5-15-6-4-10-23-20(15)18/h3-12H,1-2H3,(H2,24,25,26,27). The molecule has 0 radical (unpaired) electrons. The van der Waals surface area contributed by atoms with E-state index in [1.165, 1.54) is 0 Å². The van der Waals surface area contributed by atoms with Crippen LogP contribution in [-0.4, -0.2) is 15.0 Å². The smallest absolute Gasteiger partial charge is 0.229 e. The van der Waals surface area contributed by atoms with Crippen molar-refractivity contribution in [1.29, 1.82) is 0 Å². The molecule has 5 nitrogen and oxygen atoms in total. The van der Waals surface area contributed by atoms with Crippen LogP contribution in [0.5, 0.6) is 0 Å². The molecule has 0 aliphatic rings. The average Bonchev–Trinajstić information content (AvgIpc) is 2.65. The number of anilines is 4. The monoisotopic (exact) mass is 375 g/mol. The van der Waals surface area contributed by atoms with Crippen molar-refractivity contribution in [2.24, 2.45) is 0 Å².